The molecule has 2 aromatic carbocycles. The van der Waals surface area contributed by atoms with E-state index < -0.39 is 73.2 Å². The maximum atomic E-state index is 13.7. The Labute approximate surface area is 339 Å². The first kappa shape index (κ1) is 40.2. The lowest BCUT2D eigenvalue weighted by atomic mass is 9.96. The van der Waals surface area contributed by atoms with Crippen molar-refractivity contribution in [3.63, 3.8) is 0 Å². The number of piperidine rings is 2. The number of carbonyl (C=O) groups is 4. The molecule has 4 amide bonds. The second-order valence-corrected chi connectivity index (χ2v) is 16.6. The van der Waals surface area contributed by atoms with E-state index in [0.717, 1.165) is 27.8 Å². The molecule has 0 bridgehead atoms. The molecule has 4 atom stereocenters. The molecule has 4 saturated heterocycles. The monoisotopic (exact) mass is 816 g/mol. The summed E-state index contributed by atoms with van der Waals surface area (Å²) in [5, 5.41) is 0. The van der Waals surface area contributed by atoms with Crippen LogP contribution in [-0.4, -0.2) is 113 Å². The second kappa shape index (κ2) is 15.6. The molecule has 0 saturated carbocycles. The molecule has 12 nitrogen and oxygen atoms in total. The van der Waals surface area contributed by atoms with Crippen molar-refractivity contribution in [2.45, 2.75) is 108 Å². The largest absolute Gasteiger partial charge is 0.346 e. The van der Waals surface area contributed by atoms with Crippen molar-refractivity contribution in [3.8, 4) is 33.6 Å². The predicted molar refractivity (Wildman–Crippen MR) is 210 cm³/mol. The zero-order valence-corrected chi connectivity index (χ0v) is 33.3. The van der Waals surface area contributed by atoms with Crippen LogP contribution in [0.4, 0.5) is 17.6 Å². The Morgan fingerprint density at radius 2 is 1.00 bits per heavy atom. The number of benzene rings is 2. The average Bonchev–Trinajstić information content (AvgIpc) is 4.04. The van der Waals surface area contributed by atoms with E-state index in [1.807, 2.05) is 63.2 Å². The highest BCUT2D eigenvalue weighted by Crippen LogP contribution is 2.39. The van der Waals surface area contributed by atoms with Crippen molar-refractivity contribution in [1.29, 1.82) is 0 Å². The molecule has 4 aliphatic rings. The number of nitrogens with zero attached hydrogens (tertiary/aromatic N) is 6. The van der Waals surface area contributed by atoms with E-state index in [1.54, 1.807) is 17.3 Å². The van der Waals surface area contributed by atoms with E-state index in [0.29, 0.717) is 48.7 Å². The highest BCUT2D eigenvalue weighted by Gasteiger charge is 2.45. The summed E-state index contributed by atoms with van der Waals surface area (Å²) in [5.41, 5.74) is 6.12. The molecule has 0 aliphatic carbocycles. The van der Waals surface area contributed by atoms with Crippen LogP contribution in [-0.2, 0) is 19.2 Å². The number of hydrogen-bond donors (Lipinski definition) is 2. The number of carbonyl (C=O) groups excluding carboxylic acids is 4. The van der Waals surface area contributed by atoms with Crippen LogP contribution in [0.3, 0.4) is 0 Å². The number of rotatable bonds is 5. The van der Waals surface area contributed by atoms with E-state index in [9.17, 15) is 36.7 Å². The third kappa shape index (κ3) is 7.97. The molecule has 312 valence electrons. The van der Waals surface area contributed by atoms with Gasteiger partial charge in [-0.1, -0.05) is 36.4 Å². The quantitative estimate of drug-likeness (QED) is 0.164. The lowest BCUT2D eigenvalue weighted by Gasteiger charge is -2.34. The topological polar surface area (TPSA) is 139 Å². The minimum atomic E-state index is -2.82. The predicted octanol–water partition coefficient (Wildman–Crippen LogP) is 7.06. The van der Waals surface area contributed by atoms with Crippen LogP contribution in [0.25, 0.3) is 33.6 Å². The number of nitrogens with one attached hydrogen (secondary N) is 2. The summed E-state index contributed by atoms with van der Waals surface area (Å²) in [5.74, 6) is -7.38. The normalized spacial score (nSPS) is 24.1. The number of aromatic amines is 2. The van der Waals surface area contributed by atoms with Crippen LogP contribution < -0.4 is 0 Å². The SMILES string of the molecule is Cc1cc(-c2c[nH]c([C@@H]3CC[C@H](C)N3C(=O)C(=O)N3CCC(F)(F)CC3)n2)ccc1-c1ccc(-c2c[nH]c([C@@H]3CC[C@H](C)N3C(=O)C(=O)N3CCC(F)(F)CC3)n2)cc1. The molecule has 6 heterocycles. The van der Waals surface area contributed by atoms with Crippen molar-refractivity contribution in [2.75, 3.05) is 26.2 Å². The highest BCUT2D eigenvalue weighted by atomic mass is 19.3. The number of halogens is 4. The van der Waals surface area contributed by atoms with Crippen LogP contribution in [0.1, 0.15) is 94.5 Å². The Morgan fingerprint density at radius 3 is 1.44 bits per heavy atom. The lowest BCUT2D eigenvalue weighted by molar-refractivity contribution is -0.156. The van der Waals surface area contributed by atoms with Crippen LogP contribution in [0.2, 0.25) is 0 Å². The van der Waals surface area contributed by atoms with Gasteiger partial charge in [0.2, 0.25) is 0 Å². The number of hydrogen-bond acceptors (Lipinski definition) is 6. The van der Waals surface area contributed by atoms with E-state index in [-0.39, 0.29) is 38.3 Å². The number of aryl methyl sites for hydroxylation is 1. The van der Waals surface area contributed by atoms with Gasteiger partial charge in [-0.15, -0.1) is 0 Å². The van der Waals surface area contributed by atoms with E-state index in [1.165, 1.54) is 14.7 Å². The van der Waals surface area contributed by atoms with Gasteiger partial charge >= 0.3 is 23.6 Å². The fourth-order valence-corrected chi connectivity index (χ4v) is 9.03. The Morgan fingerprint density at radius 1 is 0.593 bits per heavy atom. The molecule has 16 heteroatoms. The second-order valence-electron chi connectivity index (χ2n) is 16.6. The Kier molecular flexibility index (Phi) is 10.6. The van der Waals surface area contributed by atoms with Gasteiger partial charge in [-0.25, -0.2) is 27.5 Å². The summed E-state index contributed by atoms with van der Waals surface area (Å²) in [7, 11) is 0. The Hall–Kier alpha value is -5.54. The van der Waals surface area contributed by atoms with Crippen LogP contribution in [0.15, 0.2) is 54.9 Å². The number of H-pyrrole nitrogens is 2. The molecule has 4 aromatic rings. The molecule has 0 radical (unpaired) electrons. The first-order valence-corrected chi connectivity index (χ1v) is 20.4. The average molecular weight is 817 g/mol. The van der Waals surface area contributed by atoms with E-state index in [4.69, 9.17) is 9.97 Å². The maximum Gasteiger partial charge on any atom is 0.312 e. The zero-order valence-electron chi connectivity index (χ0n) is 33.3. The third-order valence-electron chi connectivity index (χ3n) is 12.6. The number of imidazole rings is 2. The summed E-state index contributed by atoms with van der Waals surface area (Å²) in [4.78, 5) is 74.7. The molecule has 2 aromatic heterocycles. The smallest absolute Gasteiger partial charge is 0.312 e. The minimum absolute atomic E-state index is 0.147. The van der Waals surface area contributed by atoms with Gasteiger partial charge in [0.1, 0.15) is 11.6 Å². The van der Waals surface area contributed by atoms with Crippen molar-refractivity contribution >= 4 is 23.6 Å². The van der Waals surface area contributed by atoms with Crippen LogP contribution in [0, 0.1) is 6.92 Å². The van der Waals surface area contributed by atoms with Crippen LogP contribution >= 0.6 is 0 Å². The third-order valence-corrected chi connectivity index (χ3v) is 12.6. The van der Waals surface area contributed by atoms with Gasteiger partial charge in [0.15, 0.2) is 0 Å². The molecule has 4 fully saturated rings. The summed E-state index contributed by atoms with van der Waals surface area (Å²) in [6.45, 7) is 5.19. The fourth-order valence-electron chi connectivity index (χ4n) is 9.03. The Bertz CT molecular complexity index is 2240. The van der Waals surface area contributed by atoms with Gasteiger partial charge < -0.3 is 29.6 Å². The highest BCUT2D eigenvalue weighted by molar-refractivity contribution is 6.35. The van der Waals surface area contributed by atoms with Crippen molar-refractivity contribution in [1.82, 2.24) is 39.5 Å². The van der Waals surface area contributed by atoms with Gasteiger partial charge in [-0.3, -0.25) is 19.2 Å². The fraction of sp³-hybridized carbons (Fsp3) is 0.488. The summed E-state index contributed by atoms with van der Waals surface area (Å²) in [6, 6.07) is 12.7. The first-order chi connectivity index (χ1) is 28.1. The zero-order chi connectivity index (χ0) is 41.8. The van der Waals surface area contributed by atoms with E-state index in [2.05, 4.69) is 9.97 Å². The first-order valence-electron chi connectivity index (χ1n) is 20.4. The molecule has 0 unspecified atom stereocenters. The number of likely N-dealkylation sites (tertiary alicyclic amines) is 4. The molecule has 59 heavy (non-hydrogen) atoms. The molecular formula is C43H48F4N8O4. The summed E-state index contributed by atoms with van der Waals surface area (Å²) >= 11 is 0. The maximum absolute atomic E-state index is 13.7. The van der Waals surface area contributed by atoms with Gasteiger partial charge in [-0.05, 0) is 69.2 Å². The van der Waals surface area contributed by atoms with Crippen molar-refractivity contribution in [2.24, 2.45) is 0 Å². The van der Waals surface area contributed by atoms with Gasteiger partial charge in [-0.2, -0.15) is 0 Å². The van der Waals surface area contributed by atoms with Crippen molar-refractivity contribution < 1.29 is 36.7 Å². The Balaban J connectivity index is 0.923. The van der Waals surface area contributed by atoms with Crippen LogP contribution in [0.5, 0.6) is 0 Å². The van der Waals surface area contributed by atoms with Gasteiger partial charge in [0.05, 0.1) is 23.5 Å². The molecule has 0 spiro atoms. The van der Waals surface area contributed by atoms with E-state index >= 15 is 0 Å². The van der Waals surface area contributed by atoms with Crippen molar-refractivity contribution in [3.05, 3.63) is 72.1 Å². The molecule has 4 aliphatic heterocycles. The number of alkyl halides is 4. The number of aromatic nitrogens is 4. The lowest BCUT2D eigenvalue weighted by Crippen LogP contribution is -2.51. The summed E-state index contributed by atoms with van der Waals surface area (Å²) < 4.78 is 54.8. The molecule has 2 N–H and O–H groups in total. The minimum Gasteiger partial charge on any atom is -0.346 e. The summed E-state index contributed by atoms with van der Waals surface area (Å²) in [6.07, 6.45) is 4.37. The standard InChI is InChI=1S/C43H48F4N8O4/c1-25-22-30(33-24-49-37(51-33)35-13-5-27(3)55(35)41(59)39(57)53-20-16-43(46,47)17-21-53)10-11-31(25)28-6-8-29(9-7-28)32-23-48-36(50-32)34-12-4-26(2)54(34)40(58)38(56)52-18-14-42(44,45)15-19-52/h6-11,22-24,26-27,34-35H,4-5,12-21H2,1-3H3,(H,48,50)(H,49,51)/t26-,27-,34-,35-/m0/s1. The molecular weight excluding hydrogens is 769 g/mol. The van der Waals surface area contributed by atoms with Gasteiger partial charge in [0, 0.05) is 87.5 Å². The van der Waals surface area contributed by atoms with Gasteiger partial charge in [0.25, 0.3) is 11.8 Å². The molecule has 8 rings (SSSR count). The number of amides is 4.